The van der Waals surface area contributed by atoms with Crippen molar-refractivity contribution in [3.05, 3.63) is 21.1 Å². The molecule has 0 aliphatic heterocycles. The van der Waals surface area contributed by atoms with Gasteiger partial charge in [0.25, 0.3) is 0 Å². The fraction of sp³-hybridized carbons (Fsp3) is 0.364. The van der Waals surface area contributed by atoms with Gasteiger partial charge in [0.1, 0.15) is 5.60 Å². The van der Waals surface area contributed by atoms with Crippen molar-refractivity contribution >= 4 is 43.6 Å². The lowest BCUT2D eigenvalue weighted by Gasteiger charge is -2.20. The van der Waals surface area contributed by atoms with Crippen LogP contribution in [0.3, 0.4) is 0 Å². The molecular formula is C11H13Br2NO3. The number of hydrogen-bond acceptors (Lipinski definition) is 3. The maximum atomic E-state index is 11.5. The molecule has 0 atom stereocenters. The van der Waals surface area contributed by atoms with Crippen LogP contribution < -0.4 is 5.32 Å². The molecule has 0 saturated heterocycles. The molecule has 94 valence electrons. The van der Waals surface area contributed by atoms with Crippen LogP contribution in [0.5, 0.6) is 5.75 Å². The van der Waals surface area contributed by atoms with Gasteiger partial charge in [-0.1, -0.05) is 15.9 Å². The molecule has 1 rings (SSSR count). The van der Waals surface area contributed by atoms with Gasteiger partial charge in [-0.15, -0.1) is 0 Å². The van der Waals surface area contributed by atoms with Crippen molar-refractivity contribution in [2.45, 2.75) is 26.4 Å². The Balaban J connectivity index is 2.85. The number of rotatable bonds is 1. The highest BCUT2D eigenvalue weighted by Gasteiger charge is 2.18. The number of phenols is 1. The van der Waals surface area contributed by atoms with Crippen molar-refractivity contribution in [2.75, 3.05) is 5.32 Å². The lowest BCUT2D eigenvalue weighted by molar-refractivity contribution is 0.0635. The topological polar surface area (TPSA) is 58.6 Å². The number of halogens is 2. The number of ether oxygens (including phenoxy) is 1. The van der Waals surface area contributed by atoms with Crippen molar-refractivity contribution in [2.24, 2.45) is 0 Å². The predicted octanol–water partition coefficient (Wildman–Crippen LogP) is 4.26. The Bertz CT molecular complexity index is 441. The first kappa shape index (κ1) is 14.3. The maximum absolute atomic E-state index is 11.5. The van der Waals surface area contributed by atoms with Crippen LogP contribution in [0.4, 0.5) is 10.5 Å². The Morgan fingerprint density at radius 1 is 1.35 bits per heavy atom. The van der Waals surface area contributed by atoms with Gasteiger partial charge in [-0.2, -0.15) is 0 Å². The van der Waals surface area contributed by atoms with Crippen LogP contribution >= 0.6 is 31.9 Å². The van der Waals surface area contributed by atoms with E-state index in [1.807, 2.05) is 0 Å². The second-order valence-electron chi connectivity index (χ2n) is 4.41. The van der Waals surface area contributed by atoms with Crippen molar-refractivity contribution in [1.82, 2.24) is 0 Å². The zero-order valence-corrected chi connectivity index (χ0v) is 12.8. The molecule has 17 heavy (non-hydrogen) atoms. The van der Waals surface area contributed by atoms with Crippen molar-refractivity contribution in [3.8, 4) is 5.75 Å². The summed E-state index contributed by atoms with van der Waals surface area (Å²) in [5.74, 6) is -0.0425. The third kappa shape index (κ3) is 4.55. The smallest absolute Gasteiger partial charge is 0.412 e. The van der Waals surface area contributed by atoms with E-state index in [9.17, 15) is 9.90 Å². The summed E-state index contributed by atoms with van der Waals surface area (Å²) in [7, 11) is 0. The van der Waals surface area contributed by atoms with Crippen LogP contribution in [0.1, 0.15) is 20.8 Å². The molecule has 6 heteroatoms. The molecule has 0 heterocycles. The second-order valence-corrected chi connectivity index (χ2v) is 6.18. The molecule has 0 saturated carbocycles. The van der Waals surface area contributed by atoms with E-state index in [0.717, 1.165) is 4.47 Å². The Morgan fingerprint density at radius 2 is 1.94 bits per heavy atom. The lowest BCUT2D eigenvalue weighted by atomic mass is 10.2. The first-order valence-electron chi connectivity index (χ1n) is 4.87. The third-order valence-corrected chi connectivity index (χ3v) is 2.73. The van der Waals surface area contributed by atoms with Crippen molar-refractivity contribution in [1.29, 1.82) is 0 Å². The summed E-state index contributed by atoms with van der Waals surface area (Å²) < 4.78 is 6.30. The number of benzene rings is 1. The van der Waals surface area contributed by atoms with Gasteiger partial charge in [0.15, 0.2) is 5.75 Å². The van der Waals surface area contributed by atoms with Crippen LogP contribution in [0.25, 0.3) is 0 Å². The van der Waals surface area contributed by atoms with Gasteiger partial charge >= 0.3 is 6.09 Å². The molecular weight excluding hydrogens is 354 g/mol. The van der Waals surface area contributed by atoms with E-state index in [0.29, 0.717) is 4.47 Å². The number of hydrogen-bond donors (Lipinski definition) is 2. The first-order valence-corrected chi connectivity index (χ1v) is 6.45. The van der Waals surface area contributed by atoms with E-state index in [-0.39, 0.29) is 11.4 Å². The fourth-order valence-electron chi connectivity index (χ4n) is 1.07. The molecule has 1 aromatic rings. The number of amides is 1. The molecule has 1 amide bonds. The Kier molecular flexibility index (Phi) is 4.43. The summed E-state index contributed by atoms with van der Waals surface area (Å²) in [5, 5.41) is 12.2. The standard InChI is InChI=1S/C11H13Br2NO3/c1-11(2,3)17-10(16)14-8-5-6(12)4-7(13)9(8)15/h4-5,15H,1-3H3,(H,14,16). The van der Waals surface area contributed by atoms with Gasteiger partial charge in [0, 0.05) is 4.47 Å². The van der Waals surface area contributed by atoms with Crippen LogP contribution in [-0.4, -0.2) is 16.8 Å². The van der Waals surface area contributed by atoms with Gasteiger partial charge in [0.05, 0.1) is 10.2 Å². The summed E-state index contributed by atoms with van der Waals surface area (Å²) in [6.07, 6.45) is -0.613. The van der Waals surface area contributed by atoms with E-state index in [4.69, 9.17) is 4.74 Å². The molecule has 2 N–H and O–H groups in total. The number of phenolic OH excluding ortho intramolecular Hbond substituents is 1. The monoisotopic (exact) mass is 365 g/mol. The first-order chi connectivity index (χ1) is 7.69. The number of anilines is 1. The Morgan fingerprint density at radius 3 is 2.47 bits per heavy atom. The van der Waals surface area contributed by atoms with E-state index < -0.39 is 11.7 Å². The molecule has 0 bridgehead atoms. The van der Waals surface area contributed by atoms with Crippen LogP contribution in [-0.2, 0) is 4.74 Å². The maximum Gasteiger partial charge on any atom is 0.412 e. The minimum Gasteiger partial charge on any atom is -0.505 e. The highest BCUT2D eigenvalue weighted by atomic mass is 79.9. The molecule has 0 fully saturated rings. The van der Waals surface area contributed by atoms with Gasteiger partial charge in [-0.25, -0.2) is 4.79 Å². The third-order valence-electron chi connectivity index (χ3n) is 1.66. The number of carbonyl (C=O) groups excluding carboxylic acids is 1. The predicted molar refractivity (Wildman–Crippen MR) is 73.4 cm³/mol. The molecule has 0 aromatic heterocycles. The summed E-state index contributed by atoms with van der Waals surface area (Å²) in [6.45, 7) is 5.30. The van der Waals surface area contributed by atoms with E-state index >= 15 is 0 Å². The molecule has 0 spiro atoms. The molecule has 1 aromatic carbocycles. The molecule has 0 aliphatic carbocycles. The molecule has 0 aliphatic rings. The minimum atomic E-state index is -0.613. The van der Waals surface area contributed by atoms with Crippen molar-refractivity contribution in [3.63, 3.8) is 0 Å². The van der Waals surface area contributed by atoms with Crippen LogP contribution in [0.2, 0.25) is 0 Å². The van der Waals surface area contributed by atoms with E-state index in [1.165, 1.54) is 0 Å². The Hall–Kier alpha value is -0.750. The van der Waals surface area contributed by atoms with Crippen molar-refractivity contribution < 1.29 is 14.6 Å². The summed E-state index contributed by atoms with van der Waals surface area (Å²) in [6, 6.07) is 3.26. The largest absolute Gasteiger partial charge is 0.505 e. The van der Waals surface area contributed by atoms with E-state index in [2.05, 4.69) is 37.2 Å². The molecule has 0 unspecified atom stereocenters. The summed E-state index contributed by atoms with van der Waals surface area (Å²) >= 11 is 6.44. The number of aromatic hydroxyl groups is 1. The van der Waals surface area contributed by atoms with E-state index in [1.54, 1.807) is 32.9 Å². The SMILES string of the molecule is CC(C)(C)OC(=O)Nc1cc(Br)cc(Br)c1O. The van der Waals surface area contributed by atoms with Gasteiger partial charge in [-0.05, 0) is 48.8 Å². The fourth-order valence-corrected chi connectivity index (χ4v) is 2.30. The highest BCUT2D eigenvalue weighted by Crippen LogP contribution is 2.35. The average molecular weight is 367 g/mol. The minimum absolute atomic E-state index is 0.0425. The number of nitrogens with one attached hydrogen (secondary N) is 1. The quantitative estimate of drug-likeness (QED) is 0.730. The normalized spacial score (nSPS) is 11.1. The highest BCUT2D eigenvalue weighted by molar-refractivity contribution is 9.11. The summed E-state index contributed by atoms with van der Waals surface area (Å²) in [5.41, 5.74) is -0.302. The van der Waals surface area contributed by atoms with Gasteiger partial charge in [-0.3, -0.25) is 5.32 Å². The van der Waals surface area contributed by atoms with Gasteiger partial charge in [0.2, 0.25) is 0 Å². The average Bonchev–Trinajstić information content (AvgIpc) is 2.10. The van der Waals surface area contributed by atoms with Gasteiger partial charge < -0.3 is 9.84 Å². The second kappa shape index (κ2) is 5.27. The zero-order valence-electron chi connectivity index (χ0n) is 9.67. The number of carbonyl (C=O) groups is 1. The Labute approximate surface area is 117 Å². The molecule has 4 nitrogen and oxygen atoms in total. The summed E-state index contributed by atoms with van der Waals surface area (Å²) in [4.78, 5) is 11.5. The van der Waals surface area contributed by atoms with Crippen LogP contribution in [0, 0.1) is 0 Å². The lowest BCUT2D eigenvalue weighted by Crippen LogP contribution is -2.27. The molecule has 0 radical (unpaired) electrons. The zero-order chi connectivity index (χ0) is 13.2. The van der Waals surface area contributed by atoms with Crippen LogP contribution in [0.15, 0.2) is 21.1 Å².